The van der Waals surface area contributed by atoms with E-state index in [4.69, 9.17) is 0 Å². The Labute approximate surface area is 173 Å². The van der Waals surface area contributed by atoms with Crippen molar-refractivity contribution in [1.82, 2.24) is 10.6 Å². The van der Waals surface area contributed by atoms with E-state index in [9.17, 15) is 8.42 Å². The van der Waals surface area contributed by atoms with E-state index in [1.165, 1.54) is 5.56 Å². The van der Waals surface area contributed by atoms with Gasteiger partial charge in [-0.1, -0.05) is 42.5 Å². The van der Waals surface area contributed by atoms with Crippen molar-refractivity contribution in [2.45, 2.75) is 25.3 Å². The number of sulfone groups is 1. The number of benzene rings is 2. The average molecular weight is 487 g/mol. The van der Waals surface area contributed by atoms with Crippen molar-refractivity contribution < 1.29 is 8.42 Å². The molecule has 0 amide bonds. The molecule has 0 fully saturated rings. The molecule has 0 bridgehead atoms. The molecule has 0 spiro atoms. The van der Waals surface area contributed by atoms with E-state index in [-0.39, 0.29) is 29.7 Å². The Hall–Kier alpha value is -1.61. The minimum atomic E-state index is -3.29. The predicted octanol–water partition coefficient (Wildman–Crippen LogP) is 3.14. The molecule has 0 saturated carbocycles. The lowest BCUT2D eigenvalue weighted by molar-refractivity contribution is 0.594. The van der Waals surface area contributed by atoms with Crippen LogP contribution in [0.15, 0.2) is 64.5 Å². The maximum atomic E-state index is 12.3. The highest BCUT2D eigenvalue weighted by molar-refractivity contribution is 14.0. The van der Waals surface area contributed by atoms with Crippen molar-refractivity contribution in [3.63, 3.8) is 0 Å². The topological polar surface area (TPSA) is 70.6 Å². The summed E-state index contributed by atoms with van der Waals surface area (Å²) in [6, 6.07) is 16.6. The average Bonchev–Trinajstić information content (AvgIpc) is 2.61. The molecule has 142 valence electrons. The summed E-state index contributed by atoms with van der Waals surface area (Å²) in [6.07, 6.45) is 0. The zero-order valence-corrected chi connectivity index (χ0v) is 18.3. The number of nitrogens with zero attached hydrogens (tertiary/aromatic N) is 1. The Balaban J connectivity index is 0.00000338. The summed E-state index contributed by atoms with van der Waals surface area (Å²) >= 11 is 0. The first kappa shape index (κ1) is 22.4. The predicted molar refractivity (Wildman–Crippen MR) is 118 cm³/mol. The Morgan fingerprint density at radius 1 is 1.00 bits per heavy atom. The molecule has 26 heavy (non-hydrogen) atoms. The van der Waals surface area contributed by atoms with E-state index in [0.29, 0.717) is 30.5 Å². The Morgan fingerprint density at radius 2 is 1.65 bits per heavy atom. The number of hydrogen-bond donors (Lipinski definition) is 2. The molecule has 0 aromatic heterocycles. The standard InChI is InChI=1S/C19H25N3O2S.HI/c1-3-20-19(22-15-17-10-8-7-9-16(17)2)21-13-14-25(23,24)18-11-5-4-6-12-18;/h4-12H,3,13-15H2,1-2H3,(H2,20,21,22);1H. The zero-order valence-electron chi connectivity index (χ0n) is 15.1. The van der Waals surface area contributed by atoms with E-state index in [1.54, 1.807) is 30.3 Å². The van der Waals surface area contributed by atoms with Crippen LogP contribution in [0.3, 0.4) is 0 Å². The van der Waals surface area contributed by atoms with Crippen LogP contribution in [0.25, 0.3) is 0 Å². The normalized spacial score (nSPS) is 11.5. The smallest absolute Gasteiger partial charge is 0.191 e. The van der Waals surface area contributed by atoms with Crippen LogP contribution in [0.1, 0.15) is 18.1 Å². The van der Waals surface area contributed by atoms with E-state index in [1.807, 2.05) is 25.1 Å². The molecule has 0 radical (unpaired) electrons. The molecule has 2 rings (SSSR count). The number of hydrogen-bond acceptors (Lipinski definition) is 3. The third kappa shape index (κ3) is 6.95. The van der Waals surface area contributed by atoms with Gasteiger partial charge in [0.1, 0.15) is 0 Å². The molecule has 0 unspecified atom stereocenters. The number of rotatable bonds is 7. The SMILES string of the molecule is CCNC(=NCc1ccccc1C)NCCS(=O)(=O)c1ccccc1.I. The van der Waals surface area contributed by atoms with Crippen LogP contribution in [0.4, 0.5) is 0 Å². The monoisotopic (exact) mass is 487 g/mol. The fraction of sp³-hybridized carbons (Fsp3) is 0.316. The minimum absolute atomic E-state index is 0. The van der Waals surface area contributed by atoms with E-state index in [0.717, 1.165) is 5.56 Å². The molecular formula is C19H26IN3O2S. The van der Waals surface area contributed by atoms with Crippen LogP contribution in [0.5, 0.6) is 0 Å². The van der Waals surface area contributed by atoms with Crippen LogP contribution in [0, 0.1) is 6.92 Å². The molecule has 2 aromatic rings. The maximum Gasteiger partial charge on any atom is 0.191 e. The number of guanidine groups is 1. The van der Waals surface area contributed by atoms with Gasteiger partial charge in [0.25, 0.3) is 0 Å². The number of aliphatic imine (C=N–C) groups is 1. The van der Waals surface area contributed by atoms with Gasteiger partial charge in [-0.05, 0) is 37.1 Å². The van der Waals surface area contributed by atoms with Crippen LogP contribution < -0.4 is 10.6 Å². The van der Waals surface area contributed by atoms with Crippen LogP contribution in [-0.4, -0.2) is 33.2 Å². The third-order valence-corrected chi connectivity index (χ3v) is 5.51. The van der Waals surface area contributed by atoms with Gasteiger partial charge in [0.2, 0.25) is 0 Å². The fourth-order valence-corrected chi connectivity index (χ4v) is 3.52. The number of nitrogens with one attached hydrogen (secondary N) is 2. The van der Waals surface area contributed by atoms with E-state index < -0.39 is 9.84 Å². The molecule has 2 N–H and O–H groups in total. The van der Waals surface area contributed by atoms with Gasteiger partial charge in [0.05, 0.1) is 17.2 Å². The van der Waals surface area contributed by atoms with Crippen LogP contribution in [-0.2, 0) is 16.4 Å². The van der Waals surface area contributed by atoms with E-state index in [2.05, 4.69) is 28.6 Å². The molecule has 0 saturated heterocycles. The van der Waals surface area contributed by atoms with Gasteiger partial charge in [-0.3, -0.25) is 0 Å². The molecule has 0 atom stereocenters. The van der Waals surface area contributed by atoms with Crippen molar-refractivity contribution in [3.8, 4) is 0 Å². The first-order valence-corrected chi connectivity index (χ1v) is 10.0. The van der Waals surface area contributed by atoms with Crippen molar-refractivity contribution in [2.75, 3.05) is 18.8 Å². The highest BCUT2D eigenvalue weighted by Gasteiger charge is 2.13. The van der Waals surface area contributed by atoms with Gasteiger partial charge in [-0.25, -0.2) is 13.4 Å². The van der Waals surface area contributed by atoms with Gasteiger partial charge >= 0.3 is 0 Å². The molecule has 0 heterocycles. The summed E-state index contributed by atoms with van der Waals surface area (Å²) in [5, 5.41) is 6.24. The lowest BCUT2D eigenvalue weighted by atomic mass is 10.1. The summed E-state index contributed by atoms with van der Waals surface area (Å²) in [4.78, 5) is 4.88. The number of halogens is 1. The molecule has 5 nitrogen and oxygen atoms in total. The zero-order chi connectivity index (χ0) is 18.1. The third-order valence-electron chi connectivity index (χ3n) is 3.78. The first-order chi connectivity index (χ1) is 12.0. The summed E-state index contributed by atoms with van der Waals surface area (Å²) in [6.45, 7) is 5.60. The van der Waals surface area contributed by atoms with Gasteiger partial charge in [0, 0.05) is 13.1 Å². The Morgan fingerprint density at radius 3 is 2.31 bits per heavy atom. The molecular weight excluding hydrogens is 461 g/mol. The van der Waals surface area contributed by atoms with Gasteiger partial charge in [-0.2, -0.15) is 0 Å². The van der Waals surface area contributed by atoms with Gasteiger partial charge < -0.3 is 10.6 Å². The molecule has 0 aliphatic carbocycles. The second-order valence-electron chi connectivity index (χ2n) is 5.68. The Kier molecular flexibility index (Phi) is 9.64. The minimum Gasteiger partial charge on any atom is -0.357 e. The summed E-state index contributed by atoms with van der Waals surface area (Å²) in [5.41, 5.74) is 2.34. The second-order valence-corrected chi connectivity index (χ2v) is 7.79. The van der Waals surface area contributed by atoms with Crippen molar-refractivity contribution in [2.24, 2.45) is 4.99 Å². The second kappa shape index (κ2) is 11.2. The van der Waals surface area contributed by atoms with Gasteiger partial charge in [0.15, 0.2) is 15.8 Å². The highest BCUT2D eigenvalue weighted by atomic mass is 127. The van der Waals surface area contributed by atoms with E-state index >= 15 is 0 Å². The van der Waals surface area contributed by atoms with Crippen molar-refractivity contribution in [1.29, 1.82) is 0 Å². The molecule has 0 aliphatic heterocycles. The molecule has 2 aromatic carbocycles. The van der Waals surface area contributed by atoms with Gasteiger partial charge in [-0.15, -0.1) is 24.0 Å². The highest BCUT2D eigenvalue weighted by Crippen LogP contribution is 2.09. The lowest BCUT2D eigenvalue weighted by Crippen LogP contribution is -2.39. The molecule has 7 heteroatoms. The summed E-state index contributed by atoms with van der Waals surface area (Å²) in [5.74, 6) is 0.639. The van der Waals surface area contributed by atoms with Crippen LogP contribution >= 0.6 is 24.0 Å². The lowest BCUT2D eigenvalue weighted by Gasteiger charge is -2.12. The number of aryl methyl sites for hydroxylation is 1. The van der Waals surface area contributed by atoms with Crippen LogP contribution in [0.2, 0.25) is 0 Å². The summed E-state index contributed by atoms with van der Waals surface area (Å²) in [7, 11) is -3.29. The van der Waals surface area contributed by atoms with Crippen molar-refractivity contribution in [3.05, 3.63) is 65.7 Å². The fourth-order valence-electron chi connectivity index (χ4n) is 2.34. The first-order valence-electron chi connectivity index (χ1n) is 8.37. The quantitative estimate of drug-likeness (QED) is 0.358. The van der Waals surface area contributed by atoms with Crippen molar-refractivity contribution >= 4 is 39.8 Å². The largest absolute Gasteiger partial charge is 0.357 e. The molecule has 0 aliphatic rings. The Bertz CT molecular complexity index is 809. The maximum absolute atomic E-state index is 12.3. The summed E-state index contributed by atoms with van der Waals surface area (Å²) < 4.78 is 24.6.